The number of fused-ring (bicyclic) bond motifs is 1. The van der Waals surface area contributed by atoms with Gasteiger partial charge in [-0.3, -0.25) is 4.79 Å². The Labute approximate surface area is 182 Å². The molecule has 168 valence electrons. The van der Waals surface area contributed by atoms with Gasteiger partial charge in [-0.05, 0) is 95.1 Å². The molecule has 2 aliphatic rings. The number of furan rings is 1. The quantitative estimate of drug-likeness (QED) is 0.523. The molecule has 0 spiro atoms. The highest BCUT2D eigenvalue weighted by Crippen LogP contribution is 2.62. The molecular weight excluding hydrogens is 374 g/mol. The number of allylic oxidation sites excluding steroid dienone is 1. The number of carbonyl (C=O) groups is 1. The van der Waals surface area contributed by atoms with Gasteiger partial charge in [0.1, 0.15) is 6.54 Å². The SMILES string of the molecule is C=C1CC[C@@H]2[C@](C)(CCC[C@]2(C)C(=O)OC)[C@H]1CCc1ccoc1C[NH2+]C(C)(C)C. The number of esters is 1. The first-order valence-corrected chi connectivity index (χ1v) is 11.7. The van der Waals surface area contributed by atoms with Gasteiger partial charge in [0.25, 0.3) is 0 Å². The number of carbonyl (C=O) groups excluding carboxylic acids is 1. The Balaban J connectivity index is 1.77. The van der Waals surface area contributed by atoms with Crippen molar-refractivity contribution in [2.45, 2.75) is 91.6 Å². The maximum Gasteiger partial charge on any atom is 0.311 e. The smallest absolute Gasteiger partial charge is 0.311 e. The van der Waals surface area contributed by atoms with Crippen molar-refractivity contribution in [1.29, 1.82) is 0 Å². The van der Waals surface area contributed by atoms with E-state index in [0.717, 1.165) is 50.8 Å². The van der Waals surface area contributed by atoms with E-state index in [-0.39, 0.29) is 22.3 Å². The first-order chi connectivity index (χ1) is 14.0. The van der Waals surface area contributed by atoms with E-state index in [1.54, 1.807) is 0 Å². The predicted octanol–water partition coefficient (Wildman–Crippen LogP) is 5.03. The van der Waals surface area contributed by atoms with E-state index in [1.807, 2.05) is 6.26 Å². The van der Waals surface area contributed by atoms with Crippen LogP contribution in [-0.4, -0.2) is 18.6 Å². The van der Waals surface area contributed by atoms with Gasteiger partial charge < -0.3 is 14.5 Å². The summed E-state index contributed by atoms with van der Waals surface area (Å²) in [5, 5.41) is 2.33. The molecule has 0 aromatic carbocycles. The lowest BCUT2D eigenvalue weighted by atomic mass is 9.46. The molecule has 0 saturated heterocycles. The van der Waals surface area contributed by atoms with Crippen LogP contribution in [0.15, 0.2) is 28.9 Å². The standard InChI is InChI=1S/C26H41NO3/c1-18-9-12-22-25(5,14-8-15-26(22,6)23(28)29-7)20(18)11-10-19-13-16-30-21(19)17-27-24(2,3)4/h13,16,20,22,27H,1,8-12,14-15,17H2,2-7H3/p+1/t20-,22+,25+,26-/m0/s1. The van der Waals surface area contributed by atoms with Crippen LogP contribution >= 0.6 is 0 Å². The maximum atomic E-state index is 12.8. The fraction of sp³-hybridized carbons (Fsp3) is 0.731. The van der Waals surface area contributed by atoms with Crippen LogP contribution in [0.3, 0.4) is 0 Å². The molecule has 0 aliphatic heterocycles. The van der Waals surface area contributed by atoms with Gasteiger partial charge in [0.2, 0.25) is 0 Å². The molecule has 4 heteroatoms. The zero-order valence-corrected chi connectivity index (χ0v) is 20.0. The molecule has 3 rings (SSSR count). The fourth-order valence-corrected chi connectivity index (χ4v) is 6.43. The van der Waals surface area contributed by atoms with Gasteiger partial charge in [-0.25, -0.2) is 0 Å². The van der Waals surface area contributed by atoms with Crippen molar-refractivity contribution in [1.82, 2.24) is 0 Å². The molecule has 2 aliphatic carbocycles. The monoisotopic (exact) mass is 416 g/mol. The van der Waals surface area contributed by atoms with Crippen molar-refractivity contribution in [2.24, 2.45) is 22.7 Å². The maximum absolute atomic E-state index is 12.8. The summed E-state index contributed by atoms with van der Waals surface area (Å²) in [4.78, 5) is 12.8. The van der Waals surface area contributed by atoms with E-state index in [0.29, 0.717) is 11.8 Å². The van der Waals surface area contributed by atoms with Crippen molar-refractivity contribution in [3.8, 4) is 0 Å². The number of quaternary nitrogens is 1. The van der Waals surface area contributed by atoms with Crippen LogP contribution in [0.2, 0.25) is 0 Å². The van der Waals surface area contributed by atoms with Gasteiger partial charge >= 0.3 is 5.97 Å². The van der Waals surface area contributed by atoms with Crippen LogP contribution in [0, 0.1) is 22.7 Å². The number of rotatable bonds is 6. The van der Waals surface area contributed by atoms with Crippen LogP contribution < -0.4 is 5.32 Å². The number of hydrogen-bond donors (Lipinski definition) is 1. The second kappa shape index (κ2) is 8.53. The van der Waals surface area contributed by atoms with Crippen molar-refractivity contribution in [3.05, 3.63) is 35.8 Å². The van der Waals surface area contributed by atoms with Gasteiger partial charge in [0, 0.05) is 0 Å². The van der Waals surface area contributed by atoms with E-state index in [9.17, 15) is 4.79 Å². The normalized spacial score (nSPS) is 32.0. The highest BCUT2D eigenvalue weighted by molar-refractivity contribution is 5.77. The first kappa shape index (κ1) is 23.1. The molecule has 4 nitrogen and oxygen atoms in total. The summed E-state index contributed by atoms with van der Waals surface area (Å²) in [6, 6.07) is 2.14. The minimum Gasteiger partial charge on any atom is -0.469 e. The average Bonchev–Trinajstić information content (AvgIpc) is 3.11. The van der Waals surface area contributed by atoms with E-state index in [2.05, 4.69) is 52.6 Å². The molecule has 1 aromatic heterocycles. The Morgan fingerprint density at radius 1 is 1.33 bits per heavy atom. The predicted molar refractivity (Wildman–Crippen MR) is 120 cm³/mol. The Kier molecular flexibility index (Phi) is 6.57. The van der Waals surface area contributed by atoms with Crippen LogP contribution in [-0.2, 0) is 22.5 Å². The van der Waals surface area contributed by atoms with E-state index >= 15 is 0 Å². The minimum atomic E-state index is -0.372. The molecule has 0 amide bonds. The summed E-state index contributed by atoms with van der Waals surface area (Å²) in [6.07, 6.45) is 9.17. The van der Waals surface area contributed by atoms with Crippen molar-refractivity contribution in [2.75, 3.05) is 7.11 Å². The zero-order chi connectivity index (χ0) is 22.2. The summed E-state index contributed by atoms with van der Waals surface area (Å²) in [5.41, 5.74) is 2.61. The van der Waals surface area contributed by atoms with Gasteiger partial charge in [0.15, 0.2) is 5.76 Å². The molecule has 2 fully saturated rings. The first-order valence-electron chi connectivity index (χ1n) is 11.7. The molecule has 0 radical (unpaired) electrons. The summed E-state index contributed by atoms with van der Waals surface area (Å²) in [6.45, 7) is 16.6. The molecule has 2 N–H and O–H groups in total. The number of hydrogen-bond acceptors (Lipinski definition) is 3. The summed E-state index contributed by atoms with van der Waals surface area (Å²) >= 11 is 0. The third kappa shape index (κ3) is 4.39. The van der Waals surface area contributed by atoms with Crippen LogP contribution in [0.4, 0.5) is 0 Å². The Bertz CT molecular complexity index is 773. The van der Waals surface area contributed by atoms with Crippen molar-refractivity contribution >= 4 is 5.97 Å². The lowest BCUT2D eigenvalue weighted by Gasteiger charge is -2.57. The van der Waals surface area contributed by atoms with Gasteiger partial charge in [-0.15, -0.1) is 0 Å². The number of nitrogens with two attached hydrogens (primary N) is 1. The molecule has 1 aromatic rings. The number of methoxy groups -OCH3 is 1. The third-order valence-corrected chi connectivity index (χ3v) is 8.11. The van der Waals surface area contributed by atoms with Crippen LogP contribution in [0.5, 0.6) is 0 Å². The van der Waals surface area contributed by atoms with Crippen molar-refractivity contribution < 1.29 is 19.3 Å². The van der Waals surface area contributed by atoms with Crippen LogP contribution in [0.1, 0.15) is 84.5 Å². The molecule has 2 saturated carbocycles. The van der Waals surface area contributed by atoms with Gasteiger partial charge in [-0.1, -0.05) is 25.5 Å². The number of aryl methyl sites for hydroxylation is 1. The largest absolute Gasteiger partial charge is 0.469 e. The Morgan fingerprint density at radius 2 is 2.07 bits per heavy atom. The third-order valence-electron chi connectivity index (χ3n) is 8.11. The summed E-state index contributed by atoms with van der Waals surface area (Å²) in [5.74, 6) is 1.87. The Hall–Kier alpha value is -1.55. The second-order valence-electron chi connectivity index (χ2n) is 11.3. The summed E-state index contributed by atoms with van der Waals surface area (Å²) < 4.78 is 11.1. The molecule has 4 atom stereocenters. The Morgan fingerprint density at radius 3 is 2.73 bits per heavy atom. The minimum absolute atomic E-state index is 0.0282. The summed E-state index contributed by atoms with van der Waals surface area (Å²) in [7, 11) is 1.54. The molecule has 1 heterocycles. The molecular formula is C26H42NO3+. The molecule has 30 heavy (non-hydrogen) atoms. The second-order valence-corrected chi connectivity index (χ2v) is 11.3. The van der Waals surface area contributed by atoms with Gasteiger partial charge in [-0.2, -0.15) is 0 Å². The van der Waals surface area contributed by atoms with Crippen molar-refractivity contribution in [3.63, 3.8) is 0 Å². The van der Waals surface area contributed by atoms with Crippen LogP contribution in [0.25, 0.3) is 0 Å². The lowest BCUT2D eigenvalue weighted by molar-refractivity contribution is -0.733. The molecule has 0 bridgehead atoms. The zero-order valence-electron chi connectivity index (χ0n) is 20.0. The van der Waals surface area contributed by atoms with E-state index in [4.69, 9.17) is 9.15 Å². The molecule has 0 unspecified atom stereocenters. The highest BCUT2D eigenvalue weighted by atomic mass is 16.5. The lowest BCUT2D eigenvalue weighted by Crippen LogP contribution is -2.93. The van der Waals surface area contributed by atoms with Gasteiger partial charge in [0.05, 0.1) is 24.3 Å². The topological polar surface area (TPSA) is 56.0 Å². The van der Waals surface area contributed by atoms with E-state index in [1.165, 1.54) is 24.7 Å². The van der Waals surface area contributed by atoms with E-state index < -0.39 is 0 Å². The number of ether oxygens (including phenoxy) is 1. The fourth-order valence-electron chi connectivity index (χ4n) is 6.43. The highest BCUT2D eigenvalue weighted by Gasteiger charge is 2.57. The average molecular weight is 417 g/mol.